The number of benzene rings is 3. The van der Waals surface area contributed by atoms with Crippen LogP contribution in [0, 0.1) is 11.3 Å². The number of ether oxygens (including phenoxy) is 2. The van der Waals surface area contributed by atoms with Gasteiger partial charge < -0.3 is 14.6 Å². The van der Waals surface area contributed by atoms with Gasteiger partial charge in [0, 0.05) is 0 Å². The predicted molar refractivity (Wildman–Crippen MR) is 116 cm³/mol. The third kappa shape index (κ3) is 5.92. The molecule has 0 fully saturated rings. The summed E-state index contributed by atoms with van der Waals surface area (Å²) in [7, 11) is 1.45. The highest BCUT2D eigenvalue weighted by atomic mass is 19.4. The van der Waals surface area contributed by atoms with Gasteiger partial charge in [0.15, 0.2) is 11.5 Å². The second kappa shape index (κ2) is 9.92. The van der Waals surface area contributed by atoms with E-state index >= 15 is 0 Å². The van der Waals surface area contributed by atoms with E-state index in [0.29, 0.717) is 28.2 Å². The van der Waals surface area contributed by atoms with E-state index in [1.807, 2.05) is 6.07 Å². The van der Waals surface area contributed by atoms with Gasteiger partial charge in [0.1, 0.15) is 6.61 Å². The van der Waals surface area contributed by atoms with Gasteiger partial charge in [-0.2, -0.15) is 18.4 Å². The van der Waals surface area contributed by atoms with Crippen LogP contribution in [-0.2, 0) is 12.8 Å². The Kier molecular flexibility index (Phi) is 7.04. The van der Waals surface area contributed by atoms with Crippen molar-refractivity contribution in [2.75, 3.05) is 7.11 Å². The van der Waals surface area contributed by atoms with Crippen molar-refractivity contribution < 1.29 is 32.5 Å². The van der Waals surface area contributed by atoms with Crippen molar-refractivity contribution in [3.05, 3.63) is 94.5 Å². The first-order valence-electron chi connectivity index (χ1n) is 9.64. The van der Waals surface area contributed by atoms with Crippen LogP contribution in [0.5, 0.6) is 11.5 Å². The molecule has 0 spiro atoms. The molecule has 0 amide bonds. The molecule has 0 heterocycles. The maximum absolute atomic E-state index is 12.8. The molecule has 0 bridgehead atoms. The standard InChI is InChI=1S/C25H18F3NO4/c1-32-23-13-16(11-20(14-29)18-6-8-21(9-7-18)25(26,27)28)5-10-22(23)33-15-17-3-2-4-19(12-17)24(30)31/h2-13H,15H2,1H3,(H,30,31)/b20-11-. The van der Waals surface area contributed by atoms with Crippen LogP contribution in [0.3, 0.4) is 0 Å². The van der Waals surface area contributed by atoms with Gasteiger partial charge in [-0.05, 0) is 59.2 Å². The molecule has 0 unspecified atom stereocenters. The SMILES string of the molecule is COc1cc(/C=C(/C#N)c2ccc(C(F)(F)F)cc2)ccc1OCc1cccc(C(=O)O)c1. The zero-order chi connectivity index (χ0) is 24.0. The normalized spacial score (nSPS) is 11.5. The van der Waals surface area contributed by atoms with E-state index < -0.39 is 17.7 Å². The Labute approximate surface area is 187 Å². The van der Waals surface area contributed by atoms with E-state index in [4.69, 9.17) is 14.6 Å². The van der Waals surface area contributed by atoms with Gasteiger partial charge in [0.2, 0.25) is 0 Å². The zero-order valence-electron chi connectivity index (χ0n) is 17.4. The van der Waals surface area contributed by atoms with Crippen LogP contribution < -0.4 is 9.47 Å². The first-order valence-corrected chi connectivity index (χ1v) is 9.64. The van der Waals surface area contributed by atoms with E-state index in [2.05, 4.69) is 0 Å². The number of carboxylic acid groups (broad SMARTS) is 1. The Morgan fingerprint density at radius 3 is 2.36 bits per heavy atom. The zero-order valence-corrected chi connectivity index (χ0v) is 17.4. The van der Waals surface area contributed by atoms with E-state index in [9.17, 15) is 23.2 Å². The highest BCUT2D eigenvalue weighted by molar-refractivity contribution is 5.90. The fourth-order valence-electron chi connectivity index (χ4n) is 3.03. The summed E-state index contributed by atoms with van der Waals surface area (Å²) in [6, 6.07) is 17.6. The number of carboxylic acids is 1. The van der Waals surface area contributed by atoms with Gasteiger partial charge in [-0.1, -0.05) is 30.3 Å². The molecule has 3 aromatic carbocycles. The second-order valence-electron chi connectivity index (χ2n) is 6.95. The number of nitriles is 1. The Hall–Kier alpha value is -4.25. The summed E-state index contributed by atoms with van der Waals surface area (Å²) in [6.45, 7) is 0.113. The Balaban J connectivity index is 1.80. The third-order valence-electron chi connectivity index (χ3n) is 4.71. The van der Waals surface area contributed by atoms with Crippen molar-refractivity contribution in [1.82, 2.24) is 0 Å². The maximum atomic E-state index is 12.8. The summed E-state index contributed by atoms with van der Waals surface area (Å²) in [6.07, 6.45) is -2.92. The van der Waals surface area contributed by atoms with Crippen LogP contribution in [-0.4, -0.2) is 18.2 Å². The minimum Gasteiger partial charge on any atom is -0.493 e. The van der Waals surface area contributed by atoms with Crippen molar-refractivity contribution >= 4 is 17.6 Å². The highest BCUT2D eigenvalue weighted by Crippen LogP contribution is 2.32. The fraction of sp³-hybridized carbons (Fsp3) is 0.120. The molecule has 0 saturated heterocycles. The van der Waals surface area contributed by atoms with Crippen molar-refractivity contribution in [3.63, 3.8) is 0 Å². The third-order valence-corrected chi connectivity index (χ3v) is 4.71. The molecular weight excluding hydrogens is 435 g/mol. The first-order chi connectivity index (χ1) is 15.7. The average Bonchev–Trinajstić information content (AvgIpc) is 2.81. The Bertz CT molecular complexity index is 1230. The van der Waals surface area contributed by atoms with Gasteiger partial charge in [0.05, 0.1) is 29.9 Å². The van der Waals surface area contributed by atoms with Crippen LogP contribution in [0.4, 0.5) is 13.2 Å². The summed E-state index contributed by atoms with van der Waals surface area (Å²) >= 11 is 0. The minimum atomic E-state index is -4.45. The van der Waals surface area contributed by atoms with Crippen molar-refractivity contribution in [2.24, 2.45) is 0 Å². The first kappa shape index (κ1) is 23.4. The Morgan fingerprint density at radius 1 is 1.03 bits per heavy atom. The lowest BCUT2D eigenvalue weighted by atomic mass is 10.0. The van der Waals surface area contributed by atoms with Crippen molar-refractivity contribution in [3.8, 4) is 17.6 Å². The lowest BCUT2D eigenvalue weighted by Crippen LogP contribution is -2.04. The van der Waals surface area contributed by atoms with Gasteiger partial charge in [-0.3, -0.25) is 0 Å². The molecule has 33 heavy (non-hydrogen) atoms. The molecular formula is C25H18F3NO4. The van der Waals surface area contributed by atoms with E-state index in [1.54, 1.807) is 30.3 Å². The molecule has 0 aromatic heterocycles. The molecule has 8 heteroatoms. The lowest BCUT2D eigenvalue weighted by molar-refractivity contribution is -0.137. The van der Waals surface area contributed by atoms with E-state index in [0.717, 1.165) is 12.1 Å². The maximum Gasteiger partial charge on any atom is 0.416 e. The number of methoxy groups -OCH3 is 1. The summed E-state index contributed by atoms with van der Waals surface area (Å²) in [4.78, 5) is 11.1. The monoisotopic (exact) mass is 453 g/mol. The van der Waals surface area contributed by atoms with Crippen LogP contribution in [0.15, 0.2) is 66.7 Å². The van der Waals surface area contributed by atoms with Crippen molar-refractivity contribution in [2.45, 2.75) is 12.8 Å². The average molecular weight is 453 g/mol. The number of hydrogen-bond donors (Lipinski definition) is 1. The summed E-state index contributed by atoms with van der Waals surface area (Å²) in [5, 5.41) is 18.6. The van der Waals surface area contributed by atoms with Crippen LogP contribution >= 0.6 is 0 Å². The number of allylic oxidation sites excluding steroid dienone is 1. The summed E-state index contributed by atoms with van der Waals surface area (Å²) in [5.41, 5.74) is 1.14. The molecule has 0 radical (unpaired) electrons. The largest absolute Gasteiger partial charge is 0.493 e. The van der Waals surface area contributed by atoms with Crippen LogP contribution in [0.1, 0.15) is 32.6 Å². The van der Waals surface area contributed by atoms with Crippen LogP contribution in [0.2, 0.25) is 0 Å². The van der Waals surface area contributed by atoms with E-state index in [1.165, 1.54) is 37.5 Å². The molecule has 0 aliphatic rings. The quantitative estimate of drug-likeness (QED) is 0.348. The summed E-state index contributed by atoms with van der Waals surface area (Å²) in [5.74, 6) is -0.252. The van der Waals surface area contributed by atoms with Crippen molar-refractivity contribution in [1.29, 1.82) is 5.26 Å². The van der Waals surface area contributed by atoms with Gasteiger partial charge in [-0.15, -0.1) is 0 Å². The molecule has 3 rings (SSSR count). The number of alkyl halides is 3. The second-order valence-corrected chi connectivity index (χ2v) is 6.95. The number of hydrogen-bond acceptors (Lipinski definition) is 4. The van der Waals surface area contributed by atoms with Gasteiger partial charge >= 0.3 is 12.1 Å². The summed E-state index contributed by atoms with van der Waals surface area (Å²) < 4.78 is 49.4. The Morgan fingerprint density at radius 2 is 1.76 bits per heavy atom. The molecule has 3 aromatic rings. The van der Waals surface area contributed by atoms with Crippen LogP contribution in [0.25, 0.3) is 11.6 Å². The number of halogens is 3. The number of aromatic carboxylic acids is 1. The molecule has 0 aliphatic carbocycles. The van der Waals surface area contributed by atoms with Gasteiger partial charge in [0.25, 0.3) is 0 Å². The molecule has 168 valence electrons. The highest BCUT2D eigenvalue weighted by Gasteiger charge is 2.30. The predicted octanol–water partition coefficient (Wildman–Crippen LogP) is 6.06. The van der Waals surface area contributed by atoms with Gasteiger partial charge in [-0.25, -0.2) is 4.79 Å². The molecule has 0 saturated carbocycles. The topological polar surface area (TPSA) is 79.5 Å². The molecule has 0 aliphatic heterocycles. The molecule has 5 nitrogen and oxygen atoms in total. The van der Waals surface area contributed by atoms with E-state index in [-0.39, 0.29) is 17.7 Å². The number of nitrogens with zero attached hydrogens (tertiary/aromatic N) is 1. The fourth-order valence-corrected chi connectivity index (χ4v) is 3.03. The smallest absolute Gasteiger partial charge is 0.416 e. The number of rotatable bonds is 7. The number of carbonyl (C=O) groups is 1. The minimum absolute atomic E-state index is 0.113. The lowest BCUT2D eigenvalue weighted by Gasteiger charge is -2.12. The molecule has 0 atom stereocenters. The molecule has 1 N–H and O–H groups in total.